The molecule has 2 fully saturated rings. The van der Waals surface area contributed by atoms with Gasteiger partial charge in [0.1, 0.15) is 0 Å². The smallest absolute Gasteiger partial charge is 0.255 e. The molecule has 40 heavy (non-hydrogen) atoms. The summed E-state index contributed by atoms with van der Waals surface area (Å²) in [7, 11) is 0. The van der Waals surface area contributed by atoms with Crippen LogP contribution >= 0.6 is 0 Å². The van der Waals surface area contributed by atoms with E-state index < -0.39 is 0 Å². The van der Waals surface area contributed by atoms with E-state index in [1.807, 2.05) is 52.3 Å². The number of carbonyl (C=O) groups excluding carboxylic acids is 3. The molecule has 0 aliphatic carbocycles. The molecule has 9 nitrogen and oxygen atoms in total. The Morgan fingerprint density at radius 1 is 0.725 bits per heavy atom. The number of anilines is 2. The molecule has 5 rings (SSSR count). The summed E-state index contributed by atoms with van der Waals surface area (Å²) in [6.07, 6.45) is 0.767. The van der Waals surface area contributed by atoms with E-state index in [-0.39, 0.29) is 17.7 Å². The fourth-order valence-corrected chi connectivity index (χ4v) is 5.11. The number of nitrogens with one attached hydrogen (secondary N) is 2. The average molecular weight is 537 g/mol. The van der Waals surface area contributed by atoms with Crippen molar-refractivity contribution in [3.05, 3.63) is 95.1 Å². The molecule has 0 bridgehead atoms. The van der Waals surface area contributed by atoms with E-state index in [0.717, 1.165) is 25.2 Å². The second-order valence-electron chi connectivity index (χ2n) is 9.92. The maximum atomic E-state index is 13.3. The highest BCUT2D eigenvalue weighted by Gasteiger charge is 2.24. The molecule has 0 radical (unpaired) electrons. The van der Waals surface area contributed by atoms with Crippen molar-refractivity contribution in [3.63, 3.8) is 0 Å². The normalized spacial score (nSPS) is 15.6. The van der Waals surface area contributed by atoms with Gasteiger partial charge in [-0.25, -0.2) is 0 Å². The Hall–Kier alpha value is -4.68. The van der Waals surface area contributed by atoms with Gasteiger partial charge in [0, 0.05) is 69.0 Å². The first-order valence-corrected chi connectivity index (χ1v) is 13.6. The molecule has 3 aromatic rings. The largest absolute Gasteiger partial charge is 0.368 e. The first-order valence-electron chi connectivity index (χ1n) is 13.6. The number of benzene rings is 3. The molecule has 2 N–H and O–H groups in total. The van der Waals surface area contributed by atoms with Gasteiger partial charge in [0.25, 0.3) is 17.7 Å². The monoisotopic (exact) mass is 536 g/mol. The van der Waals surface area contributed by atoms with Crippen LogP contribution in [0.5, 0.6) is 0 Å². The van der Waals surface area contributed by atoms with Crippen LogP contribution in [0.25, 0.3) is 0 Å². The highest BCUT2D eigenvalue weighted by molar-refractivity contribution is 6.07. The molecule has 3 amide bonds. The van der Waals surface area contributed by atoms with E-state index in [1.165, 1.54) is 0 Å². The lowest BCUT2D eigenvalue weighted by Gasteiger charge is -2.29. The van der Waals surface area contributed by atoms with Crippen molar-refractivity contribution >= 4 is 29.1 Å². The average Bonchev–Trinajstić information content (AvgIpc) is 3.27. The molecule has 3 aromatic carbocycles. The van der Waals surface area contributed by atoms with Crippen molar-refractivity contribution in [3.8, 4) is 6.07 Å². The van der Waals surface area contributed by atoms with Gasteiger partial charge in [-0.05, 0) is 61.0 Å². The lowest BCUT2D eigenvalue weighted by atomic mass is 10.1. The molecular weight excluding hydrogens is 504 g/mol. The van der Waals surface area contributed by atoms with Crippen LogP contribution in [0.15, 0.2) is 72.8 Å². The first kappa shape index (κ1) is 26.9. The van der Waals surface area contributed by atoms with Gasteiger partial charge in [0.15, 0.2) is 0 Å². The number of nitriles is 1. The maximum Gasteiger partial charge on any atom is 0.255 e. The molecule has 0 aromatic heterocycles. The topological polar surface area (TPSA) is 109 Å². The summed E-state index contributed by atoms with van der Waals surface area (Å²) in [5.74, 6) is -0.389. The predicted molar refractivity (Wildman–Crippen MR) is 154 cm³/mol. The lowest BCUT2D eigenvalue weighted by molar-refractivity contribution is 0.0734. The molecule has 2 saturated heterocycles. The Kier molecular flexibility index (Phi) is 8.38. The number of rotatable bonds is 5. The van der Waals surface area contributed by atoms with E-state index in [9.17, 15) is 14.4 Å². The Morgan fingerprint density at radius 3 is 2.12 bits per heavy atom. The molecule has 204 valence electrons. The molecule has 2 aliphatic heterocycles. The van der Waals surface area contributed by atoms with Crippen molar-refractivity contribution in [2.75, 3.05) is 62.6 Å². The minimum absolute atomic E-state index is 0.00811. The van der Waals surface area contributed by atoms with Crippen LogP contribution in [0.4, 0.5) is 11.4 Å². The zero-order valence-electron chi connectivity index (χ0n) is 22.3. The van der Waals surface area contributed by atoms with E-state index in [1.54, 1.807) is 30.3 Å². The van der Waals surface area contributed by atoms with Crippen LogP contribution in [0.3, 0.4) is 0 Å². The molecular formula is C31H32N6O3. The summed E-state index contributed by atoms with van der Waals surface area (Å²) >= 11 is 0. The summed E-state index contributed by atoms with van der Waals surface area (Å²) in [4.78, 5) is 45.4. The summed E-state index contributed by atoms with van der Waals surface area (Å²) in [6.45, 7) is 5.22. The molecule has 9 heteroatoms. The molecule has 0 unspecified atom stereocenters. The number of carbonyl (C=O) groups is 3. The van der Waals surface area contributed by atoms with Crippen molar-refractivity contribution in [1.82, 2.24) is 15.1 Å². The quantitative estimate of drug-likeness (QED) is 0.519. The van der Waals surface area contributed by atoms with Crippen LogP contribution in [-0.2, 0) is 0 Å². The van der Waals surface area contributed by atoms with Crippen molar-refractivity contribution in [2.45, 2.75) is 6.42 Å². The Bertz CT molecular complexity index is 1410. The number of piperazine rings is 1. The summed E-state index contributed by atoms with van der Waals surface area (Å²) in [5.41, 5.74) is 3.41. The van der Waals surface area contributed by atoms with E-state index in [0.29, 0.717) is 67.2 Å². The summed E-state index contributed by atoms with van der Waals surface area (Å²) in [6, 6.07) is 23.2. The van der Waals surface area contributed by atoms with Crippen molar-refractivity contribution in [2.24, 2.45) is 0 Å². The maximum absolute atomic E-state index is 13.3. The van der Waals surface area contributed by atoms with Crippen molar-refractivity contribution in [1.29, 1.82) is 5.26 Å². The van der Waals surface area contributed by atoms with Crippen LogP contribution in [0, 0.1) is 11.3 Å². The zero-order valence-corrected chi connectivity index (χ0v) is 22.3. The number of hydrogen-bond donors (Lipinski definition) is 2. The Balaban J connectivity index is 1.39. The summed E-state index contributed by atoms with van der Waals surface area (Å²) in [5, 5.41) is 15.4. The third-order valence-electron chi connectivity index (χ3n) is 7.32. The Morgan fingerprint density at radius 2 is 1.40 bits per heavy atom. The minimum Gasteiger partial charge on any atom is -0.368 e. The second kappa shape index (κ2) is 12.5. The van der Waals surface area contributed by atoms with Crippen LogP contribution in [0.2, 0.25) is 0 Å². The number of amides is 3. The fourth-order valence-electron chi connectivity index (χ4n) is 5.11. The van der Waals surface area contributed by atoms with Gasteiger partial charge >= 0.3 is 0 Å². The third-order valence-corrected chi connectivity index (χ3v) is 7.32. The molecule has 0 saturated carbocycles. The standard InChI is InChI=1S/C31H32N6O3/c32-22-23-7-9-24(10-8-23)29(38)34-27-21-26(31(40)37-17-13-33-14-18-37)11-12-28(27)35-15-4-16-36(20-19-35)30(39)25-5-2-1-3-6-25/h1-3,5-12,21,33H,4,13-20H2,(H,34,38). The predicted octanol–water partition coefficient (Wildman–Crippen LogP) is 3.21. The minimum atomic E-state index is -0.326. The van der Waals surface area contributed by atoms with E-state index in [4.69, 9.17) is 5.26 Å². The zero-order chi connectivity index (χ0) is 27.9. The van der Waals surface area contributed by atoms with Gasteiger partial charge in [-0.1, -0.05) is 18.2 Å². The highest BCUT2D eigenvalue weighted by Crippen LogP contribution is 2.30. The fraction of sp³-hybridized carbons (Fsp3) is 0.290. The van der Waals surface area contributed by atoms with Crippen LogP contribution < -0.4 is 15.5 Å². The molecule has 0 spiro atoms. The number of nitrogens with zero attached hydrogens (tertiary/aromatic N) is 4. The van der Waals surface area contributed by atoms with Crippen LogP contribution in [-0.4, -0.2) is 79.9 Å². The number of hydrogen-bond acceptors (Lipinski definition) is 6. The van der Waals surface area contributed by atoms with Gasteiger partial charge in [0.05, 0.1) is 23.0 Å². The molecule has 2 aliphatic rings. The van der Waals surface area contributed by atoms with E-state index in [2.05, 4.69) is 21.6 Å². The third kappa shape index (κ3) is 6.14. The Labute approximate surface area is 234 Å². The summed E-state index contributed by atoms with van der Waals surface area (Å²) < 4.78 is 0. The second-order valence-corrected chi connectivity index (χ2v) is 9.92. The van der Waals surface area contributed by atoms with Gasteiger partial charge in [0.2, 0.25) is 0 Å². The highest BCUT2D eigenvalue weighted by atomic mass is 16.2. The van der Waals surface area contributed by atoms with Crippen LogP contribution in [0.1, 0.15) is 43.1 Å². The molecule has 2 heterocycles. The lowest BCUT2D eigenvalue weighted by Crippen LogP contribution is -2.46. The van der Waals surface area contributed by atoms with Gasteiger partial charge in [-0.3, -0.25) is 14.4 Å². The van der Waals surface area contributed by atoms with Crippen molar-refractivity contribution < 1.29 is 14.4 Å². The SMILES string of the molecule is N#Cc1ccc(C(=O)Nc2cc(C(=O)N3CCNCC3)ccc2N2CCCN(C(=O)c3ccccc3)CC2)cc1. The van der Waals surface area contributed by atoms with Gasteiger partial charge in [-0.2, -0.15) is 5.26 Å². The first-order chi connectivity index (χ1) is 19.5. The molecule has 0 atom stereocenters. The van der Waals surface area contributed by atoms with Gasteiger partial charge in [-0.15, -0.1) is 0 Å². The van der Waals surface area contributed by atoms with E-state index >= 15 is 0 Å². The van der Waals surface area contributed by atoms with Gasteiger partial charge < -0.3 is 25.3 Å².